The van der Waals surface area contributed by atoms with Crippen LogP contribution in [0, 0.1) is 11.3 Å². The third-order valence-corrected chi connectivity index (χ3v) is 5.02. The number of amides is 2. The van der Waals surface area contributed by atoms with E-state index in [9.17, 15) is 19.6 Å². The van der Waals surface area contributed by atoms with Crippen LogP contribution in [0.5, 0.6) is 0 Å². The van der Waals surface area contributed by atoms with Crippen molar-refractivity contribution >= 4 is 24.9 Å². The van der Waals surface area contributed by atoms with E-state index in [0.717, 1.165) is 19.3 Å². The number of rotatable bonds is 14. The lowest BCUT2D eigenvalue weighted by atomic mass is 9.75. The van der Waals surface area contributed by atoms with Crippen LogP contribution in [0.15, 0.2) is 4.99 Å². The molecular formula is C20H42BN5O4. The number of guanidine groups is 1. The van der Waals surface area contributed by atoms with Crippen LogP contribution in [0.3, 0.4) is 0 Å². The Morgan fingerprint density at radius 1 is 1.17 bits per heavy atom. The van der Waals surface area contributed by atoms with Gasteiger partial charge in [0, 0.05) is 19.0 Å². The number of nitrogens with one attached hydrogen (secondary N) is 3. The number of hydrogen-bond donors (Lipinski definition) is 6. The Bertz CT molecular complexity index is 555. The van der Waals surface area contributed by atoms with Gasteiger partial charge in [0.25, 0.3) is 0 Å². The molecular weight excluding hydrogens is 385 g/mol. The number of nitrogens with zero attached hydrogens (tertiary/aromatic N) is 1. The standard InChI is InChI=1S/C20H42BN5O4/c1-7-8-11-20(4,5)18(28)25-15(10-9-12-24-19(22)23-6)17(27)26-16(21(29)30)13-14(2)3/h14-16,29-30H,7-13H2,1-6H3,(H,25,28)(H,26,27)(H3,22,23,24)/t15-,16-/m0/s1. The summed E-state index contributed by atoms with van der Waals surface area (Å²) in [7, 11) is -0.0948. The van der Waals surface area contributed by atoms with Crippen LogP contribution >= 0.6 is 0 Å². The van der Waals surface area contributed by atoms with Crippen molar-refractivity contribution in [2.24, 2.45) is 22.1 Å². The Morgan fingerprint density at radius 2 is 1.80 bits per heavy atom. The van der Waals surface area contributed by atoms with Crippen LogP contribution in [0.25, 0.3) is 0 Å². The summed E-state index contributed by atoms with van der Waals surface area (Å²) in [5.41, 5.74) is 5.02. The highest BCUT2D eigenvalue weighted by Crippen LogP contribution is 2.24. The number of nitrogens with two attached hydrogens (primary N) is 1. The second kappa shape index (κ2) is 14.2. The lowest BCUT2D eigenvalue weighted by Crippen LogP contribution is -2.55. The van der Waals surface area contributed by atoms with Crippen molar-refractivity contribution in [1.29, 1.82) is 0 Å². The zero-order valence-electron chi connectivity index (χ0n) is 19.5. The van der Waals surface area contributed by atoms with Gasteiger partial charge in [-0.2, -0.15) is 0 Å². The monoisotopic (exact) mass is 427 g/mol. The molecule has 7 N–H and O–H groups in total. The highest BCUT2D eigenvalue weighted by Gasteiger charge is 2.33. The van der Waals surface area contributed by atoms with E-state index in [1.165, 1.54) is 0 Å². The summed E-state index contributed by atoms with van der Waals surface area (Å²) in [6, 6.07) is -0.784. The highest BCUT2D eigenvalue weighted by atomic mass is 16.4. The fourth-order valence-corrected chi connectivity index (χ4v) is 3.00. The zero-order valence-corrected chi connectivity index (χ0v) is 19.5. The third kappa shape index (κ3) is 11.4. The quantitative estimate of drug-likeness (QED) is 0.103. The van der Waals surface area contributed by atoms with Gasteiger partial charge in [-0.25, -0.2) is 0 Å². The predicted molar refractivity (Wildman–Crippen MR) is 122 cm³/mol. The molecule has 10 heteroatoms. The summed E-state index contributed by atoms with van der Waals surface area (Å²) < 4.78 is 0. The molecule has 0 aliphatic heterocycles. The number of hydrogen-bond acceptors (Lipinski definition) is 5. The molecule has 0 fully saturated rings. The van der Waals surface area contributed by atoms with Gasteiger partial charge in [-0.3, -0.25) is 14.6 Å². The molecule has 0 heterocycles. The van der Waals surface area contributed by atoms with Crippen LogP contribution in [0.1, 0.15) is 73.1 Å². The first-order chi connectivity index (χ1) is 13.9. The summed E-state index contributed by atoms with van der Waals surface area (Å²) >= 11 is 0. The van der Waals surface area contributed by atoms with Crippen molar-refractivity contribution in [1.82, 2.24) is 16.0 Å². The molecule has 0 radical (unpaired) electrons. The van der Waals surface area contributed by atoms with E-state index in [4.69, 9.17) is 5.73 Å². The molecule has 30 heavy (non-hydrogen) atoms. The van der Waals surface area contributed by atoms with Crippen molar-refractivity contribution in [3.63, 3.8) is 0 Å². The Kier molecular flexibility index (Phi) is 13.4. The zero-order chi connectivity index (χ0) is 23.3. The molecule has 0 aromatic heterocycles. The third-order valence-electron chi connectivity index (χ3n) is 5.02. The average Bonchev–Trinajstić information content (AvgIpc) is 2.67. The SMILES string of the molecule is CCCCC(C)(C)C(=O)N[C@@H](CCCNC(N)=NC)C(=O)N[C@@H](CC(C)C)B(O)O. The molecule has 9 nitrogen and oxygen atoms in total. The second-order valence-electron chi connectivity index (χ2n) is 8.85. The fourth-order valence-electron chi connectivity index (χ4n) is 3.00. The van der Waals surface area contributed by atoms with Crippen molar-refractivity contribution < 1.29 is 19.6 Å². The lowest BCUT2D eigenvalue weighted by molar-refractivity contribution is -0.134. The maximum Gasteiger partial charge on any atom is 0.475 e. The minimum atomic E-state index is -1.67. The molecule has 0 aromatic rings. The van der Waals surface area contributed by atoms with Gasteiger partial charge in [0.05, 0.1) is 5.94 Å². The van der Waals surface area contributed by atoms with E-state index in [2.05, 4.69) is 27.9 Å². The van der Waals surface area contributed by atoms with Crippen molar-refractivity contribution in [2.45, 2.75) is 85.1 Å². The van der Waals surface area contributed by atoms with Crippen molar-refractivity contribution in [2.75, 3.05) is 13.6 Å². The van der Waals surface area contributed by atoms with Gasteiger partial charge < -0.3 is 31.7 Å². The Labute approximate surface area is 181 Å². The smallest absolute Gasteiger partial charge is 0.426 e. The first-order valence-electron chi connectivity index (χ1n) is 10.9. The van der Waals surface area contributed by atoms with Gasteiger partial charge in [-0.15, -0.1) is 0 Å². The molecule has 0 saturated carbocycles. The molecule has 0 unspecified atom stereocenters. The molecule has 0 aliphatic rings. The Morgan fingerprint density at radius 3 is 2.30 bits per heavy atom. The van der Waals surface area contributed by atoms with Crippen LogP contribution in [-0.4, -0.2) is 60.5 Å². The predicted octanol–water partition coefficient (Wildman–Crippen LogP) is 0.545. The molecule has 0 saturated heterocycles. The molecule has 2 atom stereocenters. The Hall–Kier alpha value is -1.81. The molecule has 0 rings (SSSR count). The van der Waals surface area contributed by atoms with E-state index >= 15 is 0 Å². The summed E-state index contributed by atoms with van der Waals surface area (Å²) in [5.74, 6) is -0.945. The summed E-state index contributed by atoms with van der Waals surface area (Å²) in [4.78, 5) is 29.5. The van der Waals surface area contributed by atoms with Crippen LogP contribution in [0.4, 0.5) is 0 Å². The Balaban J connectivity index is 5.20. The summed E-state index contributed by atoms with van der Waals surface area (Å²) in [6.45, 7) is 10.2. The first-order valence-corrected chi connectivity index (χ1v) is 10.9. The van der Waals surface area contributed by atoms with Crippen LogP contribution < -0.4 is 21.7 Å². The minimum absolute atomic E-state index is 0.165. The average molecular weight is 427 g/mol. The maximum absolute atomic E-state index is 12.9. The van der Waals surface area contributed by atoms with Gasteiger partial charge in [0.2, 0.25) is 11.8 Å². The molecule has 0 spiro atoms. The van der Waals surface area contributed by atoms with E-state index in [0.29, 0.717) is 31.8 Å². The molecule has 0 aromatic carbocycles. The normalized spacial score (nSPS) is 14.2. The van der Waals surface area contributed by atoms with E-state index in [-0.39, 0.29) is 11.8 Å². The summed E-state index contributed by atoms with van der Waals surface area (Å²) in [5, 5.41) is 27.7. The topological polar surface area (TPSA) is 149 Å². The minimum Gasteiger partial charge on any atom is -0.426 e. The van der Waals surface area contributed by atoms with E-state index in [1.54, 1.807) is 7.05 Å². The molecule has 0 bridgehead atoms. The van der Waals surface area contributed by atoms with Crippen molar-refractivity contribution in [3.8, 4) is 0 Å². The second-order valence-corrected chi connectivity index (χ2v) is 8.85. The first kappa shape index (κ1) is 28.2. The molecule has 2 amide bonds. The lowest BCUT2D eigenvalue weighted by Gasteiger charge is -2.28. The van der Waals surface area contributed by atoms with E-state index < -0.39 is 30.4 Å². The fraction of sp³-hybridized carbons (Fsp3) is 0.850. The maximum atomic E-state index is 12.9. The number of carbonyl (C=O) groups is 2. The highest BCUT2D eigenvalue weighted by molar-refractivity contribution is 6.43. The van der Waals surface area contributed by atoms with Gasteiger partial charge in [0.1, 0.15) is 6.04 Å². The largest absolute Gasteiger partial charge is 0.475 e. The number of carbonyl (C=O) groups excluding carboxylic acids is 2. The molecule has 174 valence electrons. The van der Waals surface area contributed by atoms with Gasteiger partial charge in [0.15, 0.2) is 5.96 Å². The van der Waals surface area contributed by atoms with Gasteiger partial charge in [-0.05, 0) is 31.6 Å². The number of unbranched alkanes of at least 4 members (excludes halogenated alkanes) is 1. The van der Waals surface area contributed by atoms with Crippen LogP contribution in [0.2, 0.25) is 0 Å². The van der Waals surface area contributed by atoms with Gasteiger partial charge >= 0.3 is 7.12 Å². The van der Waals surface area contributed by atoms with E-state index in [1.807, 2.05) is 27.7 Å². The van der Waals surface area contributed by atoms with Crippen molar-refractivity contribution in [3.05, 3.63) is 0 Å². The summed E-state index contributed by atoms with van der Waals surface area (Å²) in [6.07, 6.45) is 3.99. The molecule has 0 aliphatic carbocycles. The van der Waals surface area contributed by atoms with Crippen LogP contribution in [-0.2, 0) is 9.59 Å². The number of aliphatic imine (C=N–C) groups is 1. The van der Waals surface area contributed by atoms with Gasteiger partial charge in [-0.1, -0.05) is 47.5 Å².